The quantitative estimate of drug-likeness (QED) is 0.0280. The molecule has 0 amide bonds. The lowest BCUT2D eigenvalue weighted by molar-refractivity contribution is -0.378. The van der Waals surface area contributed by atoms with E-state index in [4.69, 9.17) is 79.9 Å². The van der Waals surface area contributed by atoms with Gasteiger partial charge < -0.3 is 71.4 Å². The summed E-state index contributed by atoms with van der Waals surface area (Å²) in [5.74, 6) is -0.377. The first-order valence-corrected chi connectivity index (χ1v) is 39.2. The standard InChI is InChI=1S/C51H60O11.C36H49O8P/c1-3-29-56-46-44(52)42(35-54-30-37-19-9-4-10-20-37)60-50(53-2)49(46)62-51-48(59-34-41-27-17-8-18-28-41)47(58-33-40-25-15-7-16-26-40)45(57-32-39-23-13-6-14-24-39)43(61-51)36-55-31-38-21-11-5-12-22-38;1-4-6-23-41-45(37,42-24-7-5-2)44-36-29(3)34(39-26-31-19-13-9-14-20-31)35(40-27-32-21-15-10-16-22-32)33(43-36)28-38-25-30-17-11-8-12-18-30/h4-28,42-52H,3,29-36H2,1-2H3;8-22,29,33-36H,4-7,23-28H2,1-3H3/t42?,43?,44-,45-,46+,47+,48?,49?,50-,51-;29?,33?,34-,35+,36+/m11/s1. The Balaban J connectivity index is 0.000000241. The van der Waals surface area contributed by atoms with Crippen LogP contribution in [0.4, 0.5) is 0 Å². The SMILES string of the molecule is CCCCOP(=O)(OCCCC)O[C@@H]1OC(COCc2ccccc2)[C@H](OCc2ccccc2)[C@H](OCc2ccccc2)C1C.CCCO[C@@H]1C(O[C@H]2OC(COCc3ccccc3)[C@@H](OCc3ccccc3)[C@H](OCc3ccccc3)C2OCc2ccccc2)[C@H](OC)OC(COCc2ccccc2)[C@H]1O. The van der Waals surface area contributed by atoms with Gasteiger partial charge >= 0.3 is 7.82 Å². The summed E-state index contributed by atoms with van der Waals surface area (Å²) in [6, 6.07) is 79.7. The molecule has 11 rings (SSSR count). The summed E-state index contributed by atoms with van der Waals surface area (Å²) < 4.78 is 123. The number of rotatable bonds is 43. The van der Waals surface area contributed by atoms with Gasteiger partial charge in [-0.05, 0) is 63.8 Å². The van der Waals surface area contributed by atoms with E-state index < -0.39 is 93.8 Å². The van der Waals surface area contributed by atoms with E-state index >= 15 is 0 Å². The lowest BCUT2D eigenvalue weighted by Gasteiger charge is -2.49. The van der Waals surface area contributed by atoms with Crippen molar-refractivity contribution in [3.05, 3.63) is 287 Å². The lowest BCUT2D eigenvalue weighted by Crippen LogP contribution is -2.66. The topological polar surface area (TPSA) is 194 Å². The highest BCUT2D eigenvalue weighted by Gasteiger charge is 2.55. The van der Waals surface area contributed by atoms with E-state index in [2.05, 4.69) is 0 Å². The number of phosphoric ester groups is 1. The molecule has 107 heavy (non-hydrogen) atoms. The van der Waals surface area contributed by atoms with Gasteiger partial charge in [-0.25, -0.2) is 4.57 Å². The van der Waals surface area contributed by atoms with Crippen LogP contribution < -0.4 is 0 Å². The predicted octanol–water partition coefficient (Wildman–Crippen LogP) is 16.3. The van der Waals surface area contributed by atoms with Crippen molar-refractivity contribution in [2.75, 3.05) is 46.8 Å². The van der Waals surface area contributed by atoms with E-state index in [-0.39, 0.29) is 52.2 Å². The summed E-state index contributed by atoms with van der Waals surface area (Å²) in [4.78, 5) is 0. The van der Waals surface area contributed by atoms with Crippen molar-refractivity contribution in [2.24, 2.45) is 5.92 Å². The van der Waals surface area contributed by atoms with E-state index in [1.165, 1.54) is 0 Å². The Morgan fingerprint density at radius 1 is 0.336 bits per heavy atom. The molecule has 576 valence electrons. The average molecular weight is 1490 g/mol. The first-order valence-electron chi connectivity index (χ1n) is 37.7. The first-order chi connectivity index (χ1) is 52.6. The van der Waals surface area contributed by atoms with Gasteiger partial charge in [-0.2, -0.15) is 0 Å². The number of phosphoric acid groups is 1. The highest BCUT2D eigenvalue weighted by atomic mass is 31.2. The highest BCUT2D eigenvalue weighted by molar-refractivity contribution is 7.48. The van der Waals surface area contributed by atoms with E-state index in [0.717, 1.165) is 70.2 Å². The van der Waals surface area contributed by atoms with Crippen LogP contribution in [0.3, 0.4) is 0 Å². The monoisotopic (exact) mass is 1490 g/mol. The number of unbranched alkanes of at least 4 members (excludes halogenated alkanes) is 2. The molecule has 3 saturated heterocycles. The Bertz CT molecular complexity index is 3650. The second-order valence-corrected chi connectivity index (χ2v) is 28.5. The number of aliphatic hydroxyl groups excluding tert-OH is 1. The molecule has 0 bridgehead atoms. The number of methoxy groups -OCH3 is 1. The fraction of sp³-hybridized carbons (Fsp3) is 0.448. The van der Waals surface area contributed by atoms with Crippen molar-refractivity contribution in [3.8, 4) is 0 Å². The largest absolute Gasteiger partial charge is 0.477 e. The third-order valence-corrected chi connectivity index (χ3v) is 20.0. The van der Waals surface area contributed by atoms with Gasteiger partial charge in [-0.15, -0.1) is 0 Å². The Morgan fingerprint density at radius 3 is 1.02 bits per heavy atom. The minimum Gasteiger partial charge on any atom is -0.387 e. The highest BCUT2D eigenvalue weighted by Crippen LogP contribution is 2.53. The summed E-state index contributed by atoms with van der Waals surface area (Å²) in [6.45, 7) is 12.1. The zero-order valence-electron chi connectivity index (χ0n) is 62.4. The van der Waals surface area contributed by atoms with Gasteiger partial charge in [-0.3, -0.25) is 13.6 Å². The van der Waals surface area contributed by atoms with Gasteiger partial charge in [-0.1, -0.05) is 283 Å². The van der Waals surface area contributed by atoms with Gasteiger partial charge in [0.1, 0.15) is 61.0 Å². The molecule has 3 fully saturated rings. The zero-order chi connectivity index (χ0) is 74.5. The number of hydrogen-bond donors (Lipinski definition) is 1. The predicted molar refractivity (Wildman–Crippen MR) is 407 cm³/mol. The molecule has 0 spiro atoms. The summed E-state index contributed by atoms with van der Waals surface area (Å²) >= 11 is 0. The molecule has 1 N–H and O–H groups in total. The summed E-state index contributed by atoms with van der Waals surface area (Å²) in [5.41, 5.74) is 8.07. The summed E-state index contributed by atoms with van der Waals surface area (Å²) in [7, 11) is -2.39. The van der Waals surface area contributed by atoms with E-state index in [0.29, 0.717) is 52.7 Å². The fourth-order valence-electron chi connectivity index (χ4n) is 12.7. The molecular weight excluding hydrogens is 1380 g/mol. The van der Waals surface area contributed by atoms with Crippen molar-refractivity contribution < 1.29 is 89.6 Å². The van der Waals surface area contributed by atoms with Gasteiger partial charge in [0.05, 0.1) is 92.0 Å². The maximum absolute atomic E-state index is 13.9. The van der Waals surface area contributed by atoms with Crippen LogP contribution in [0.1, 0.15) is 104 Å². The van der Waals surface area contributed by atoms with Crippen LogP contribution in [0.2, 0.25) is 0 Å². The van der Waals surface area contributed by atoms with E-state index in [1.807, 2.05) is 270 Å². The average Bonchev–Trinajstić information content (AvgIpc) is 0.777. The maximum Gasteiger partial charge on any atom is 0.477 e. The molecule has 20 heteroatoms. The molecule has 0 radical (unpaired) electrons. The van der Waals surface area contributed by atoms with Crippen molar-refractivity contribution in [3.63, 3.8) is 0 Å². The molecule has 0 aromatic heterocycles. The molecule has 3 heterocycles. The van der Waals surface area contributed by atoms with Crippen LogP contribution in [0, 0.1) is 5.92 Å². The number of ether oxygens (including phenoxy) is 14. The number of benzene rings is 8. The molecule has 3 aliphatic rings. The molecule has 0 aliphatic carbocycles. The lowest BCUT2D eigenvalue weighted by atomic mass is 9.92. The van der Waals surface area contributed by atoms with Crippen LogP contribution in [0.15, 0.2) is 243 Å². The molecule has 3 aliphatic heterocycles. The van der Waals surface area contributed by atoms with E-state index in [9.17, 15) is 9.67 Å². The summed E-state index contributed by atoms with van der Waals surface area (Å²) in [6.07, 6.45) is -7.23. The third kappa shape index (κ3) is 26.8. The molecule has 8 aromatic rings. The second-order valence-electron chi connectivity index (χ2n) is 26.9. The molecule has 0 saturated carbocycles. The van der Waals surface area contributed by atoms with Crippen LogP contribution in [-0.2, 0) is 137 Å². The first kappa shape index (κ1) is 82.8. The third-order valence-electron chi connectivity index (χ3n) is 18.5. The maximum atomic E-state index is 13.9. The van der Waals surface area contributed by atoms with Crippen molar-refractivity contribution in [2.45, 2.75) is 199 Å². The van der Waals surface area contributed by atoms with Crippen molar-refractivity contribution in [1.82, 2.24) is 0 Å². The van der Waals surface area contributed by atoms with Crippen LogP contribution in [0.5, 0.6) is 0 Å². The van der Waals surface area contributed by atoms with E-state index in [1.54, 1.807) is 7.11 Å². The van der Waals surface area contributed by atoms with Gasteiger partial charge in [0.15, 0.2) is 18.9 Å². The van der Waals surface area contributed by atoms with Crippen LogP contribution >= 0.6 is 7.82 Å². The minimum absolute atomic E-state index is 0.105. The van der Waals surface area contributed by atoms with Gasteiger partial charge in [0.25, 0.3) is 0 Å². The zero-order valence-corrected chi connectivity index (χ0v) is 63.3. The minimum atomic E-state index is -3.93. The Labute approximate surface area is 632 Å². The van der Waals surface area contributed by atoms with Gasteiger partial charge in [0, 0.05) is 19.6 Å². The van der Waals surface area contributed by atoms with Gasteiger partial charge in [0.2, 0.25) is 0 Å². The van der Waals surface area contributed by atoms with Crippen LogP contribution in [-0.4, -0.2) is 138 Å². The molecular formula is C87H109O19P. The summed E-state index contributed by atoms with van der Waals surface area (Å²) in [5, 5.41) is 11.9. The number of aliphatic hydroxyl groups is 1. The van der Waals surface area contributed by atoms with Crippen LogP contribution in [0.25, 0.3) is 0 Å². The Morgan fingerprint density at radius 2 is 0.654 bits per heavy atom. The number of hydrogen-bond acceptors (Lipinski definition) is 19. The fourth-order valence-corrected chi connectivity index (χ4v) is 14.1. The van der Waals surface area contributed by atoms with Crippen molar-refractivity contribution in [1.29, 1.82) is 0 Å². The molecule has 8 aromatic carbocycles. The smallest absolute Gasteiger partial charge is 0.387 e. The molecule has 6 unspecified atom stereocenters. The Kier molecular flexibility index (Phi) is 35.6. The Hall–Kier alpha value is -6.73. The normalized spacial score (nSPS) is 24.5. The molecule has 15 atom stereocenters. The second kappa shape index (κ2) is 46.1. The van der Waals surface area contributed by atoms with Crippen molar-refractivity contribution >= 4 is 7.82 Å². The molecule has 19 nitrogen and oxygen atoms in total.